The first-order valence-electron chi connectivity index (χ1n) is 8.54. The summed E-state index contributed by atoms with van der Waals surface area (Å²) in [5, 5.41) is 11.3. The minimum atomic E-state index is -0.477. The van der Waals surface area contributed by atoms with E-state index in [1.807, 2.05) is 0 Å². The molecule has 1 heterocycles. The molecule has 1 fully saturated rings. The van der Waals surface area contributed by atoms with Crippen molar-refractivity contribution in [2.24, 2.45) is 0 Å². The highest BCUT2D eigenvalue weighted by atomic mass is 16.5. The van der Waals surface area contributed by atoms with E-state index in [-0.39, 0.29) is 12.1 Å². The highest BCUT2D eigenvalue weighted by Crippen LogP contribution is 2.22. The molecule has 26 heavy (non-hydrogen) atoms. The number of aromatic amines is 2. The number of esters is 1. The van der Waals surface area contributed by atoms with Crippen molar-refractivity contribution in [3.63, 3.8) is 0 Å². The zero-order valence-corrected chi connectivity index (χ0v) is 14.4. The van der Waals surface area contributed by atoms with Gasteiger partial charge in [0, 0.05) is 5.69 Å². The van der Waals surface area contributed by atoms with Crippen molar-refractivity contribution in [3.8, 4) is 0 Å². The van der Waals surface area contributed by atoms with Crippen LogP contribution >= 0.6 is 0 Å². The number of rotatable bonds is 5. The molecule has 0 radical (unpaired) electrons. The zero-order valence-electron chi connectivity index (χ0n) is 14.4. The van der Waals surface area contributed by atoms with Gasteiger partial charge in [-0.1, -0.05) is 0 Å². The number of nitrogens with zero attached hydrogens (tertiary/aromatic N) is 1. The molecule has 2 aromatic rings. The number of H-pyrrole nitrogens is 2. The normalized spacial score (nSPS) is 15.4. The van der Waals surface area contributed by atoms with E-state index in [0.717, 1.165) is 25.7 Å². The van der Waals surface area contributed by atoms with Crippen LogP contribution in [-0.4, -0.2) is 33.3 Å². The highest BCUT2D eigenvalue weighted by molar-refractivity contribution is 5.92. The highest BCUT2D eigenvalue weighted by Gasteiger charge is 2.20. The first-order chi connectivity index (χ1) is 12.5. The monoisotopic (exact) mass is 359 g/mol. The maximum Gasteiger partial charge on any atom is 0.340 e. The SMILES string of the molecule is C[C@H](NC(=O)Nc1ccc(C(=O)OC2CCCC2)cc1)c1n[nH]c(=O)[nH]1. The first kappa shape index (κ1) is 17.7. The third-order valence-electron chi connectivity index (χ3n) is 4.23. The van der Waals surface area contributed by atoms with Gasteiger partial charge in [0.25, 0.3) is 0 Å². The third-order valence-corrected chi connectivity index (χ3v) is 4.23. The lowest BCUT2D eigenvalue weighted by molar-refractivity contribution is 0.0318. The molecule has 1 saturated carbocycles. The lowest BCUT2D eigenvalue weighted by Crippen LogP contribution is -2.31. The van der Waals surface area contributed by atoms with Crippen LogP contribution in [0.1, 0.15) is 54.8 Å². The summed E-state index contributed by atoms with van der Waals surface area (Å²) < 4.78 is 5.44. The van der Waals surface area contributed by atoms with Gasteiger partial charge in [-0.3, -0.25) is 4.98 Å². The van der Waals surface area contributed by atoms with E-state index in [0.29, 0.717) is 17.1 Å². The Labute approximate surface area is 149 Å². The Kier molecular flexibility index (Phi) is 5.35. The van der Waals surface area contributed by atoms with Crippen LogP contribution in [0.5, 0.6) is 0 Å². The minimum Gasteiger partial charge on any atom is -0.459 e. The largest absolute Gasteiger partial charge is 0.459 e. The molecule has 138 valence electrons. The van der Waals surface area contributed by atoms with Gasteiger partial charge >= 0.3 is 17.7 Å². The standard InChI is InChI=1S/C17H21N5O4/c1-10(14-20-17(25)22-21-14)18-16(24)19-12-8-6-11(7-9-12)15(23)26-13-4-2-3-5-13/h6-10,13H,2-5H2,1H3,(H2,18,19,24)(H2,20,21,22,25)/t10-/m0/s1. The summed E-state index contributed by atoms with van der Waals surface area (Å²) in [5.41, 5.74) is 0.544. The Balaban J connectivity index is 1.52. The summed E-state index contributed by atoms with van der Waals surface area (Å²) in [5.74, 6) is -0.0147. The fourth-order valence-electron chi connectivity index (χ4n) is 2.84. The van der Waals surface area contributed by atoms with Gasteiger partial charge in [-0.2, -0.15) is 5.10 Å². The third kappa shape index (κ3) is 4.50. The lowest BCUT2D eigenvalue weighted by Gasteiger charge is -2.13. The molecular weight excluding hydrogens is 338 g/mol. The summed E-state index contributed by atoms with van der Waals surface area (Å²) >= 11 is 0. The number of benzene rings is 1. The number of carbonyl (C=O) groups is 2. The van der Waals surface area contributed by atoms with Crippen molar-refractivity contribution < 1.29 is 14.3 Å². The Morgan fingerprint density at radius 3 is 2.54 bits per heavy atom. The van der Waals surface area contributed by atoms with Crippen LogP contribution in [0.2, 0.25) is 0 Å². The van der Waals surface area contributed by atoms with Crippen molar-refractivity contribution in [2.45, 2.75) is 44.8 Å². The van der Waals surface area contributed by atoms with Crippen LogP contribution in [0.4, 0.5) is 10.5 Å². The second-order valence-electron chi connectivity index (χ2n) is 6.27. The molecule has 4 N–H and O–H groups in total. The number of hydrogen-bond acceptors (Lipinski definition) is 5. The van der Waals surface area contributed by atoms with Gasteiger partial charge in [0.1, 0.15) is 6.10 Å². The summed E-state index contributed by atoms with van der Waals surface area (Å²) in [7, 11) is 0. The molecule has 0 aliphatic heterocycles. The van der Waals surface area contributed by atoms with Gasteiger partial charge in [0.2, 0.25) is 0 Å². The Morgan fingerprint density at radius 2 is 1.92 bits per heavy atom. The molecule has 0 unspecified atom stereocenters. The average molecular weight is 359 g/mol. The van der Waals surface area contributed by atoms with Crippen LogP contribution in [-0.2, 0) is 4.74 Å². The van der Waals surface area contributed by atoms with Gasteiger partial charge < -0.3 is 15.4 Å². The predicted molar refractivity (Wildman–Crippen MR) is 93.9 cm³/mol. The topological polar surface area (TPSA) is 129 Å². The molecule has 0 saturated heterocycles. The molecule has 1 aliphatic rings. The van der Waals surface area contributed by atoms with Crippen LogP contribution in [0.15, 0.2) is 29.1 Å². The van der Waals surface area contributed by atoms with E-state index in [9.17, 15) is 14.4 Å². The molecule has 2 amide bonds. The maximum atomic E-state index is 12.1. The molecule has 1 atom stereocenters. The van der Waals surface area contributed by atoms with E-state index >= 15 is 0 Å². The Morgan fingerprint density at radius 1 is 1.23 bits per heavy atom. The quantitative estimate of drug-likeness (QED) is 0.608. The fraction of sp³-hybridized carbons (Fsp3) is 0.412. The van der Waals surface area contributed by atoms with Gasteiger partial charge in [-0.15, -0.1) is 0 Å². The van der Waals surface area contributed by atoms with Crippen molar-refractivity contribution >= 4 is 17.7 Å². The number of carbonyl (C=O) groups excluding carboxylic acids is 2. The Bertz CT molecular complexity index is 820. The molecule has 9 heteroatoms. The van der Waals surface area contributed by atoms with Crippen LogP contribution in [0, 0.1) is 0 Å². The van der Waals surface area contributed by atoms with Gasteiger partial charge in [0.15, 0.2) is 5.82 Å². The molecule has 1 aromatic carbocycles. The van der Waals surface area contributed by atoms with Gasteiger partial charge in [-0.25, -0.2) is 19.5 Å². The van der Waals surface area contributed by atoms with E-state index in [1.54, 1.807) is 31.2 Å². The number of hydrogen-bond donors (Lipinski definition) is 4. The van der Waals surface area contributed by atoms with E-state index in [4.69, 9.17) is 4.74 Å². The second-order valence-corrected chi connectivity index (χ2v) is 6.27. The predicted octanol–water partition coefficient (Wildman–Crippen LogP) is 2.08. The number of anilines is 1. The maximum absolute atomic E-state index is 12.1. The fourth-order valence-corrected chi connectivity index (χ4v) is 2.84. The number of aromatic nitrogens is 3. The molecule has 1 aromatic heterocycles. The molecule has 1 aliphatic carbocycles. The summed E-state index contributed by atoms with van der Waals surface area (Å²) in [6, 6.07) is 5.55. The molecule has 0 bridgehead atoms. The molecule has 9 nitrogen and oxygen atoms in total. The Hall–Kier alpha value is -3.10. The van der Waals surface area contributed by atoms with Crippen molar-refractivity contribution in [2.75, 3.05) is 5.32 Å². The van der Waals surface area contributed by atoms with Crippen molar-refractivity contribution in [1.29, 1.82) is 0 Å². The van der Waals surface area contributed by atoms with Gasteiger partial charge in [-0.05, 0) is 56.9 Å². The van der Waals surface area contributed by atoms with Crippen LogP contribution < -0.4 is 16.3 Å². The number of ether oxygens (including phenoxy) is 1. The van der Waals surface area contributed by atoms with E-state index in [2.05, 4.69) is 25.8 Å². The van der Waals surface area contributed by atoms with Gasteiger partial charge in [0.05, 0.1) is 11.6 Å². The zero-order chi connectivity index (χ0) is 18.5. The van der Waals surface area contributed by atoms with Crippen molar-refractivity contribution in [1.82, 2.24) is 20.5 Å². The molecule has 0 spiro atoms. The second kappa shape index (κ2) is 7.85. The first-order valence-corrected chi connectivity index (χ1v) is 8.54. The molecule has 3 rings (SSSR count). The van der Waals surface area contributed by atoms with E-state index in [1.165, 1.54) is 0 Å². The summed E-state index contributed by atoms with van der Waals surface area (Å²) in [6.45, 7) is 1.69. The summed E-state index contributed by atoms with van der Waals surface area (Å²) in [4.78, 5) is 37.6. The van der Waals surface area contributed by atoms with E-state index < -0.39 is 17.8 Å². The lowest BCUT2D eigenvalue weighted by atomic mass is 10.2. The average Bonchev–Trinajstić information content (AvgIpc) is 3.27. The number of amides is 2. The van der Waals surface area contributed by atoms with Crippen LogP contribution in [0.25, 0.3) is 0 Å². The summed E-state index contributed by atoms with van der Waals surface area (Å²) in [6.07, 6.45) is 4.05. The number of urea groups is 1. The molecular formula is C17H21N5O4. The smallest absolute Gasteiger partial charge is 0.340 e. The minimum absolute atomic E-state index is 0.0149. The van der Waals surface area contributed by atoms with Crippen LogP contribution in [0.3, 0.4) is 0 Å². The number of nitrogens with one attached hydrogen (secondary N) is 4. The van der Waals surface area contributed by atoms with Crippen molar-refractivity contribution in [3.05, 3.63) is 46.1 Å².